The lowest BCUT2D eigenvalue weighted by atomic mass is 10.2. The van der Waals surface area contributed by atoms with E-state index in [0.717, 1.165) is 30.4 Å². The van der Waals surface area contributed by atoms with Crippen molar-refractivity contribution in [3.8, 4) is 0 Å². The van der Waals surface area contributed by atoms with Crippen molar-refractivity contribution in [1.29, 1.82) is 0 Å². The average molecular weight is 246 g/mol. The molecule has 3 heteroatoms. The van der Waals surface area contributed by atoms with Gasteiger partial charge >= 0.3 is 0 Å². The first-order valence-electron chi connectivity index (χ1n) is 4.34. The van der Waals surface area contributed by atoms with Gasteiger partial charge in [-0.3, -0.25) is 0 Å². The van der Waals surface area contributed by atoms with E-state index in [9.17, 15) is 4.39 Å². The fourth-order valence-electron chi connectivity index (χ4n) is 1.03. The molecule has 0 aliphatic rings. The second-order valence-electron chi connectivity index (χ2n) is 2.85. The van der Waals surface area contributed by atoms with Gasteiger partial charge in [0.25, 0.3) is 0 Å². The van der Waals surface area contributed by atoms with Crippen molar-refractivity contribution in [1.82, 2.24) is 5.32 Å². The maximum absolute atomic E-state index is 12.5. The zero-order valence-electron chi connectivity index (χ0n) is 7.39. The molecule has 0 aromatic heterocycles. The van der Waals surface area contributed by atoms with Gasteiger partial charge in [-0.25, -0.2) is 4.39 Å². The van der Waals surface area contributed by atoms with Crippen molar-refractivity contribution < 1.29 is 4.39 Å². The minimum atomic E-state index is -0.177. The Hall–Kier alpha value is -0.410. The Morgan fingerprint density at radius 1 is 1.23 bits per heavy atom. The van der Waals surface area contributed by atoms with Gasteiger partial charge in [-0.1, -0.05) is 28.1 Å². The molecule has 1 N–H and O–H groups in total. The van der Waals surface area contributed by atoms with Gasteiger partial charge in [0.2, 0.25) is 0 Å². The lowest BCUT2D eigenvalue weighted by Crippen LogP contribution is -2.14. The molecule has 13 heavy (non-hydrogen) atoms. The Morgan fingerprint density at radius 3 is 2.54 bits per heavy atom. The van der Waals surface area contributed by atoms with Gasteiger partial charge in [0.15, 0.2) is 0 Å². The van der Waals surface area contributed by atoms with Crippen molar-refractivity contribution in [2.45, 2.75) is 13.0 Å². The number of halogens is 2. The highest BCUT2D eigenvalue weighted by atomic mass is 79.9. The van der Waals surface area contributed by atoms with Crippen LogP contribution in [0, 0.1) is 5.82 Å². The van der Waals surface area contributed by atoms with Crippen LogP contribution in [-0.4, -0.2) is 11.9 Å². The van der Waals surface area contributed by atoms with Gasteiger partial charge in [-0.15, -0.1) is 0 Å². The van der Waals surface area contributed by atoms with Crippen LogP contribution in [-0.2, 0) is 6.54 Å². The Morgan fingerprint density at radius 2 is 1.92 bits per heavy atom. The predicted octanol–water partition coefficient (Wildman–Crippen LogP) is 2.70. The summed E-state index contributed by atoms with van der Waals surface area (Å²) in [6, 6.07) is 6.58. The SMILES string of the molecule is Fc1ccc(CNCCCBr)cc1. The molecular weight excluding hydrogens is 233 g/mol. The van der Waals surface area contributed by atoms with Crippen molar-refractivity contribution in [2.75, 3.05) is 11.9 Å². The van der Waals surface area contributed by atoms with Crippen LogP contribution in [0.5, 0.6) is 0 Å². The van der Waals surface area contributed by atoms with Crippen LogP contribution in [0.4, 0.5) is 4.39 Å². The van der Waals surface area contributed by atoms with Crippen LogP contribution in [0.3, 0.4) is 0 Å². The molecule has 0 unspecified atom stereocenters. The standard InChI is InChI=1S/C10H13BrFN/c11-6-1-7-13-8-9-2-4-10(12)5-3-9/h2-5,13H,1,6-8H2. The summed E-state index contributed by atoms with van der Waals surface area (Å²) < 4.78 is 12.5. The molecule has 0 saturated heterocycles. The second-order valence-corrected chi connectivity index (χ2v) is 3.64. The highest BCUT2D eigenvalue weighted by Crippen LogP contribution is 2.01. The first-order chi connectivity index (χ1) is 6.33. The summed E-state index contributed by atoms with van der Waals surface area (Å²) in [4.78, 5) is 0. The molecule has 0 saturated carbocycles. The van der Waals surface area contributed by atoms with Crippen LogP contribution >= 0.6 is 15.9 Å². The molecule has 1 aromatic rings. The maximum atomic E-state index is 12.5. The first-order valence-corrected chi connectivity index (χ1v) is 5.46. The largest absolute Gasteiger partial charge is 0.313 e. The molecule has 0 fully saturated rings. The third kappa shape index (κ3) is 4.39. The van der Waals surface area contributed by atoms with E-state index in [4.69, 9.17) is 0 Å². The highest BCUT2D eigenvalue weighted by Gasteiger charge is 1.92. The fourth-order valence-corrected chi connectivity index (χ4v) is 1.31. The van der Waals surface area contributed by atoms with E-state index in [1.54, 1.807) is 12.1 Å². The van der Waals surface area contributed by atoms with Crippen LogP contribution in [0.2, 0.25) is 0 Å². The van der Waals surface area contributed by atoms with Crippen molar-refractivity contribution in [3.05, 3.63) is 35.6 Å². The number of benzene rings is 1. The van der Waals surface area contributed by atoms with Crippen LogP contribution in [0.15, 0.2) is 24.3 Å². The summed E-state index contributed by atoms with van der Waals surface area (Å²) in [5.74, 6) is -0.177. The van der Waals surface area contributed by atoms with Crippen LogP contribution in [0.1, 0.15) is 12.0 Å². The molecule has 72 valence electrons. The van der Waals surface area contributed by atoms with Gasteiger partial charge < -0.3 is 5.32 Å². The number of hydrogen-bond donors (Lipinski definition) is 1. The molecule has 0 spiro atoms. The first kappa shape index (κ1) is 10.7. The monoisotopic (exact) mass is 245 g/mol. The summed E-state index contributed by atoms with van der Waals surface area (Å²) in [6.45, 7) is 1.80. The van der Waals surface area contributed by atoms with Crippen molar-refractivity contribution in [2.24, 2.45) is 0 Å². The van der Waals surface area contributed by atoms with Gasteiger partial charge in [-0.05, 0) is 30.7 Å². The highest BCUT2D eigenvalue weighted by molar-refractivity contribution is 9.09. The van der Waals surface area contributed by atoms with E-state index in [0.29, 0.717) is 0 Å². The molecule has 1 rings (SSSR count). The number of hydrogen-bond acceptors (Lipinski definition) is 1. The molecule has 0 amide bonds. The van der Waals surface area contributed by atoms with E-state index < -0.39 is 0 Å². The average Bonchev–Trinajstić information content (AvgIpc) is 2.15. The maximum Gasteiger partial charge on any atom is 0.123 e. The summed E-state index contributed by atoms with van der Waals surface area (Å²) >= 11 is 3.36. The van der Waals surface area contributed by atoms with Gasteiger partial charge in [0.1, 0.15) is 5.82 Å². The quantitative estimate of drug-likeness (QED) is 0.622. The number of nitrogens with one attached hydrogen (secondary N) is 1. The normalized spacial score (nSPS) is 10.3. The van der Waals surface area contributed by atoms with Crippen LogP contribution < -0.4 is 5.32 Å². The minimum absolute atomic E-state index is 0.177. The molecule has 0 heterocycles. The Kier molecular flexibility index (Phi) is 5.01. The lowest BCUT2D eigenvalue weighted by molar-refractivity contribution is 0.624. The zero-order chi connectivity index (χ0) is 9.52. The van der Waals surface area contributed by atoms with E-state index in [1.165, 1.54) is 12.1 Å². The predicted molar refractivity (Wildman–Crippen MR) is 56.5 cm³/mol. The third-order valence-electron chi connectivity index (χ3n) is 1.73. The molecule has 0 aliphatic heterocycles. The summed E-state index contributed by atoms with van der Waals surface area (Å²) in [6.07, 6.45) is 1.11. The van der Waals surface area contributed by atoms with Crippen molar-refractivity contribution >= 4 is 15.9 Å². The van der Waals surface area contributed by atoms with E-state index in [1.807, 2.05) is 0 Å². The smallest absolute Gasteiger partial charge is 0.123 e. The molecule has 0 aliphatic carbocycles. The Labute approximate surface area is 86.5 Å². The molecule has 0 radical (unpaired) electrons. The lowest BCUT2D eigenvalue weighted by Gasteiger charge is -2.02. The molecule has 1 nitrogen and oxygen atoms in total. The topological polar surface area (TPSA) is 12.0 Å². The molecule has 0 atom stereocenters. The Balaban J connectivity index is 2.25. The van der Waals surface area contributed by atoms with E-state index >= 15 is 0 Å². The van der Waals surface area contributed by atoms with Gasteiger partial charge in [0.05, 0.1) is 0 Å². The number of rotatable bonds is 5. The molecular formula is C10H13BrFN. The minimum Gasteiger partial charge on any atom is -0.313 e. The third-order valence-corrected chi connectivity index (χ3v) is 2.29. The molecule has 1 aromatic carbocycles. The summed E-state index contributed by atoms with van der Waals surface area (Å²) in [5.41, 5.74) is 1.12. The second kappa shape index (κ2) is 6.11. The number of alkyl halides is 1. The van der Waals surface area contributed by atoms with E-state index in [-0.39, 0.29) is 5.82 Å². The van der Waals surface area contributed by atoms with Gasteiger partial charge in [-0.2, -0.15) is 0 Å². The fraction of sp³-hybridized carbons (Fsp3) is 0.400. The Bertz CT molecular complexity index is 235. The summed E-state index contributed by atoms with van der Waals surface area (Å²) in [7, 11) is 0. The van der Waals surface area contributed by atoms with Crippen LogP contribution in [0.25, 0.3) is 0 Å². The summed E-state index contributed by atoms with van der Waals surface area (Å²) in [5, 5.41) is 4.29. The molecule has 0 bridgehead atoms. The van der Waals surface area contributed by atoms with E-state index in [2.05, 4.69) is 21.2 Å². The van der Waals surface area contributed by atoms with Gasteiger partial charge in [0, 0.05) is 11.9 Å². The van der Waals surface area contributed by atoms with Crippen molar-refractivity contribution in [3.63, 3.8) is 0 Å². The zero-order valence-corrected chi connectivity index (χ0v) is 8.98.